The molecule has 1 N–H and O–H groups in total. The number of rotatable bonds is 4. The molecule has 4 nitrogen and oxygen atoms in total. The third-order valence-corrected chi connectivity index (χ3v) is 5.08. The lowest BCUT2D eigenvalue weighted by Crippen LogP contribution is -2.10. The lowest BCUT2D eigenvalue weighted by Gasteiger charge is -2.12. The zero-order valence-electron chi connectivity index (χ0n) is 14.1. The Kier molecular flexibility index (Phi) is 5.09. The number of nitrogens with zero attached hydrogens (tertiary/aromatic N) is 1. The number of benzene rings is 3. The van der Waals surface area contributed by atoms with Crippen LogP contribution in [-0.4, -0.2) is 9.97 Å². The van der Waals surface area contributed by atoms with Gasteiger partial charge >= 0.3 is 0 Å². The van der Waals surface area contributed by atoms with E-state index in [-0.39, 0.29) is 5.56 Å². The van der Waals surface area contributed by atoms with E-state index in [1.54, 1.807) is 6.07 Å². The second kappa shape index (κ2) is 7.66. The van der Waals surface area contributed by atoms with Crippen LogP contribution in [0.15, 0.2) is 80.5 Å². The van der Waals surface area contributed by atoms with Crippen molar-refractivity contribution in [1.82, 2.24) is 9.97 Å². The average Bonchev–Trinajstić information content (AvgIpc) is 2.67. The predicted octanol–water partition coefficient (Wildman–Crippen LogP) is 5.69. The molecule has 0 aliphatic carbocycles. The van der Waals surface area contributed by atoms with Gasteiger partial charge in [-0.3, -0.25) is 4.79 Å². The molecule has 134 valence electrons. The van der Waals surface area contributed by atoms with E-state index in [2.05, 4.69) is 41.8 Å². The smallest absolute Gasteiger partial charge is 0.259 e. The number of para-hydroxylation sites is 1. The fraction of sp³-hybridized carbons (Fsp3) is 0.0476. The third-order valence-electron chi connectivity index (χ3n) is 4.09. The molecule has 4 aromatic rings. The van der Waals surface area contributed by atoms with Gasteiger partial charge in [0, 0.05) is 8.95 Å². The second-order valence-electron chi connectivity index (χ2n) is 5.99. The number of nitrogens with one attached hydrogen (secondary N) is 1. The van der Waals surface area contributed by atoms with E-state index < -0.39 is 0 Å². The highest BCUT2D eigenvalue weighted by atomic mass is 79.9. The number of ether oxygens (including phenoxy) is 1. The molecular weight excluding hydrogens is 472 g/mol. The molecular formula is C21H14Br2N2O2. The van der Waals surface area contributed by atoms with Gasteiger partial charge in [0.05, 0.1) is 16.5 Å². The first-order valence-corrected chi connectivity index (χ1v) is 9.85. The molecule has 6 heteroatoms. The van der Waals surface area contributed by atoms with Crippen LogP contribution in [0.25, 0.3) is 22.3 Å². The SMILES string of the molecule is O=c1[nH]c(-c2cc(Br)ccc2OCc2cccc(Br)c2)nc2ccccc12. The Labute approximate surface area is 172 Å². The van der Waals surface area contributed by atoms with Crippen molar-refractivity contribution in [2.45, 2.75) is 6.61 Å². The topological polar surface area (TPSA) is 55.0 Å². The zero-order chi connectivity index (χ0) is 18.8. The van der Waals surface area contributed by atoms with Crippen molar-refractivity contribution in [2.75, 3.05) is 0 Å². The van der Waals surface area contributed by atoms with Crippen molar-refractivity contribution < 1.29 is 4.74 Å². The normalized spacial score (nSPS) is 10.9. The van der Waals surface area contributed by atoms with Crippen LogP contribution in [0.4, 0.5) is 0 Å². The number of H-pyrrole nitrogens is 1. The highest BCUT2D eigenvalue weighted by Crippen LogP contribution is 2.31. The van der Waals surface area contributed by atoms with Crippen LogP contribution in [0.1, 0.15) is 5.56 Å². The van der Waals surface area contributed by atoms with Gasteiger partial charge in [0.2, 0.25) is 0 Å². The molecule has 0 spiro atoms. The lowest BCUT2D eigenvalue weighted by molar-refractivity contribution is 0.307. The summed E-state index contributed by atoms with van der Waals surface area (Å²) in [5, 5.41) is 0.563. The van der Waals surface area contributed by atoms with Gasteiger partial charge in [-0.05, 0) is 48.0 Å². The molecule has 0 aliphatic rings. The van der Waals surface area contributed by atoms with E-state index >= 15 is 0 Å². The summed E-state index contributed by atoms with van der Waals surface area (Å²) in [4.78, 5) is 19.9. The van der Waals surface area contributed by atoms with E-state index in [9.17, 15) is 4.79 Å². The Morgan fingerprint density at radius 1 is 0.926 bits per heavy atom. The molecule has 0 bridgehead atoms. The van der Waals surface area contributed by atoms with Crippen LogP contribution in [0.2, 0.25) is 0 Å². The van der Waals surface area contributed by atoms with Crippen LogP contribution in [0, 0.1) is 0 Å². The van der Waals surface area contributed by atoms with Crippen molar-refractivity contribution in [3.8, 4) is 17.1 Å². The average molecular weight is 486 g/mol. The second-order valence-corrected chi connectivity index (χ2v) is 7.82. The van der Waals surface area contributed by atoms with Gasteiger partial charge in [0.1, 0.15) is 18.2 Å². The van der Waals surface area contributed by atoms with Crippen molar-refractivity contribution in [3.05, 3.63) is 91.6 Å². The summed E-state index contributed by atoms with van der Waals surface area (Å²) in [7, 11) is 0. The van der Waals surface area contributed by atoms with Crippen molar-refractivity contribution in [3.63, 3.8) is 0 Å². The molecule has 0 amide bonds. The number of fused-ring (bicyclic) bond motifs is 1. The van der Waals surface area contributed by atoms with Gasteiger partial charge in [0.25, 0.3) is 5.56 Å². The molecule has 1 aromatic heterocycles. The number of aromatic nitrogens is 2. The monoisotopic (exact) mass is 484 g/mol. The molecule has 0 saturated carbocycles. The lowest BCUT2D eigenvalue weighted by atomic mass is 10.1. The van der Waals surface area contributed by atoms with Crippen LogP contribution in [-0.2, 0) is 6.61 Å². The summed E-state index contributed by atoms with van der Waals surface area (Å²) < 4.78 is 7.91. The van der Waals surface area contributed by atoms with E-state index in [1.807, 2.05) is 60.7 Å². The molecule has 3 aromatic carbocycles. The van der Waals surface area contributed by atoms with E-state index in [1.165, 1.54) is 0 Å². The first-order chi connectivity index (χ1) is 13.1. The summed E-state index contributed by atoms with van der Waals surface area (Å²) >= 11 is 6.95. The maximum Gasteiger partial charge on any atom is 0.259 e. The Morgan fingerprint density at radius 3 is 2.59 bits per heavy atom. The van der Waals surface area contributed by atoms with Gasteiger partial charge in [-0.1, -0.05) is 56.1 Å². The minimum atomic E-state index is -0.173. The highest BCUT2D eigenvalue weighted by Gasteiger charge is 2.12. The number of hydrogen-bond acceptors (Lipinski definition) is 3. The maximum atomic E-state index is 12.4. The first-order valence-electron chi connectivity index (χ1n) is 8.26. The van der Waals surface area contributed by atoms with Gasteiger partial charge in [-0.25, -0.2) is 4.98 Å². The molecule has 1 heterocycles. The number of halogens is 2. The van der Waals surface area contributed by atoms with Crippen LogP contribution < -0.4 is 10.3 Å². The van der Waals surface area contributed by atoms with Gasteiger partial charge in [-0.15, -0.1) is 0 Å². The largest absolute Gasteiger partial charge is 0.488 e. The summed E-state index contributed by atoms with van der Waals surface area (Å²) in [5.74, 6) is 1.13. The zero-order valence-corrected chi connectivity index (χ0v) is 17.2. The molecule has 0 unspecified atom stereocenters. The quantitative estimate of drug-likeness (QED) is 0.403. The molecule has 0 radical (unpaired) electrons. The van der Waals surface area contributed by atoms with Crippen molar-refractivity contribution in [2.24, 2.45) is 0 Å². The Balaban J connectivity index is 1.74. The van der Waals surface area contributed by atoms with E-state index in [4.69, 9.17) is 4.74 Å². The first kappa shape index (κ1) is 17.9. The molecule has 4 rings (SSSR count). The van der Waals surface area contributed by atoms with Gasteiger partial charge in [0.15, 0.2) is 0 Å². The summed E-state index contributed by atoms with van der Waals surface area (Å²) in [6.07, 6.45) is 0. The highest BCUT2D eigenvalue weighted by molar-refractivity contribution is 9.10. The Hall–Kier alpha value is -2.44. The van der Waals surface area contributed by atoms with Gasteiger partial charge in [-0.2, -0.15) is 0 Å². The Bertz CT molecular complexity index is 1190. The van der Waals surface area contributed by atoms with Crippen molar-refractivity contribution in [1.29, 1.82) is 0 Å². The van der Waals surface area contributed by atoms with Crippen LogP contribution in [0.3, 0.4) is 0 Å². The minimum absolute atomic E-state index is 0.173. The predicted molar refractivity (Wildman–Crippen MR) is 114 cm³/mol. The van der Waals surface area contributed by atoms with E-state index in [0.29, 0.717) is 29.1 Å². The van der Waals surface area contributed by atoms with Crippen molar-refractivity contribution >= 4 is 42.8 Å². The standard InChI is InChI=1S/C21H14Br2N2O2/c22-14-5-3-4-13(10-14)12-27-19-9-8-15(23)11-17(19)20-24-18-7-2-1-6-16(18)21(26)25-20/h1-11H,12H2,(H,24,25,26). The minimum Gasteiger partial charge on any atom is -0.488 e. The molecule has 27 heavy (non-hydrogen) atoms. The summed E-state index contributed by atoms with van der Waals surface area (Å²) in [6, 6.07) is 20.9. The third kappa shape index (κ3) is 3.96. The summed E-state index contributed by atoms with van der Waals surface area (Å²) in [5.41, 5.74) is 2.24. The Morgan fingerprint density at radius 2 is 1.74 bits per heavy atom. The molecule has 0 aliphatic heterocycles. The summed E-state index contributed by atoms with van der Waals surface area (Å²) in [6.45, 7) is 0.409. The maximum absolute atomic E-state index is 12.4. The molecule has 0 saturated heterocycles. The van der Waals surface area contributed by atoms with Crippen LogP contribution in [0.5, 0.6) is 5.75 Å². The van der Waals surface area contributed by atoms with Gasteiger partial charge < -0.3 is 9.72 Å². The molecule has 0 atom stereocenters. The fourth-order valence-corrected chi connectivity index (χ4v) is 3.62. The van der Waals surface area contributed by atoms with E-state index in [0.717, 1.165) is 20.1 Å². The van der Waals surface area contributed by atoms with Crippen LogP contribution >= 0.6 is 31.9 Å². The number of hydrogen-bond donors (Lipinski definition) is 1. The number of aromatic amines is 1. The molecule has 0 fully saturated rings. The fourth-order valence-electron chi connectivity index (χ4n) is 2.81.